The van der Waals surface area contributed by atoms with Crippen LogP contribution in [0.5, 0.6) is 0 Å². The Labute approximate surface area is 862 Å². The van der Waals surface area contributed by atoms with Gasteiger partial charge in [-0.3, -0.25) is 77.2 Å². The number of hydrogen-bond donors (Lipinski definition) is 4. The van der Waals surface area contributed by atoms with Crippen LogP contribution in [0.2, 0.25) is 0 Å². The second-order valence-corrected chi connectivity index (χ2v) is 46.6. The number of rotatable bonds is 50. The lowest BCUT2D eigenvalue weighted by Gasteiger charge is -2.25. The zero-order valence-corrected chi connectivity index (χ0v) is 93.5. The van der Waals surface area contributed by atoms with Gasteiger partial charge in [0.25, 0.3) is 5.69 Å². The van der Waals surface area contributed by atoms with Crippen molar-refractivity contribution in [2.45, 2.75) is 457 Å². The number of non-ortho nitro benzene ring substituents is 1. The molecular formula is C107H178ClN5O31. The van der Waals surface area contributed by atoms with Gasteiger partial charge in [-0.05, 0) is 310 Å². The maximum absolute atomic E-state index is 13.3. The predicted octanol–water partition coefficient (Wildman–Crippen LogP) is 19.5. The Kier molecular flexibility index (Phi) is 62.0. The Morgan fingerprint density at radius 3 is 0.778 bits per heavy atom. The highest BCUT2D eigenvalue weighted by Crippen LogP contribution is 2.31. The smallest absolute Gasteiger partial charge is 0.407 e. The number of Topliss-reactive ketones (excluding diaryl/α,β-unsaturated/α-hetero) is 3. The third kappa shape index (κ3) is 78.2. The molecule has 0 aliphatic heterocycles. The largest absolute Gasteiger partial charge is 0.460 e. The average molecular weight is 2070 g/mol. The van der Waals surface area contributed by atoms with E-state index < -0.39 is 180 Å². The van der Waals surface area contributed by atoms with Crippen LogP contribution in [-0.2, 0) is 142 Å². The van der Waals surface area contributed by atoms with Crippen molar-refractivity contribution in [2.75, 3.05) is 19.6 Å². The van der Waals surface area contributed by atoms with Gasteiger partial charge >= 0.3 is 77.8 Å². The van der Waals surface area contributed by atoms with Gasteiger partial charge in [-0.2, -0.15) is 0 Å². The Morgan fingerprint density at radius 1 is 0.299 bits per heavy atom. The molecule has 0 saturated carbocycles. The molecule has 7 atom stereocenters. The van der Waals surface area contributed by atoms with E-state index in [1.165, 1.54) is 18.2 Å². The molecule has 0 aliphatic carbocycles. The third-order valence-electron chi connectivity index (χ3n) is 18.6. The first-order chi connectivity index (χ1) is 65.0. The monoisotopic (exact) mass is 2060 g/mol. The summed E-state index contributed by atoms with van der Waals surface area (Å²) in [6.07, 6.45) is 3.00. The van der Waals surface area contributed by atoms with Gasteiger partial charge in [0.15, 0.2) is 0 Å². The van der Waals surface area contributed by atoms with Crippen LogP contribution in [0, 0.1) is 45.6 Å². The van der Waals surface area contributed by atoms with Crippen molar-refractivity contribution in [1.82, 2.24) is 10.6 Å². The van der Waals surface area contributed by atoms with Crippen molar-refractivity contribution in [3.8, 4) is 0 Å². The Morgan fingerprint density at radius 2 is 0.528 bits per heavy atom. The molecule has 0 aromatic heterocycles. The summed E-state index contributed by atoms with van der Waals surface area (Å²) in [5.74, 6) is -11.0. The normalized spacial score (nSPS) is 13.4. The molecular weight excluding hydrogens is 1890 g/mol. The number of carbonyl (C=O) groups excluding carboxylic acids is 16. The van der Waals surface area contributed by atoms with Crippen molar-refractivity contribution in [3.63, 3.8) is 0 Å². The lowest BCUT2D eigenvalue weighted by Crippen LogP contribution is -2.38. The van der Waals surface area contributed by atoms with E-state index in [0.29, 0.717) is 70.0 Å². The van der Waals surface area contributed by atoms with Crippen LogP contribution in [0.15, 0.2) is 54.6 Å². The summed E-state index contributed by atoms with van der Waals surface area (Å²) in [4.78, 5) is 211. The fourth-order valence-corrected chi connectivity index (χ4v) is 12.9. The summed E-state index contributed by atoms with van der Waals surface area (Å²) in [7, 11) is 0. The average Bonchev–Trinajstić information content (AvgIpc) is 0.867. The van der Waals surface area contributed by atoms with Crippen molar-refractivity contribution >= 4 is 113 Å². The SMILES string of the molecule is CC(C)(C)OC(=O)CC[C@H](CC(=O)C[C@@H](CCCCN)C(=O)OC(C)(C)C)C(=O)OC(C)(C)C.CC(C)(C)OC(=O)CC[C@H](CC(=O)C[C@@H](CCCCNC(=O)OCc1cccc([N+](=O)[O-])c1)C(=O)OC(C)(C)C)C(=O)OC(C)(C)C.CC(C)(C)OC(=O)CC[C@H](CC(=O)C[C@@H](CCCCNC(=O)OCc1ccccc1)C(=O)OC(C)(C)C)C(=O)OC(C)(C)C.CC(C)(C)OC(=O)CC[C@H](N)C(=O)OC(C)(C)C.Cl. The quantitative estimate of drug-likeness (QED) is 0.0157. The number of nitrogens with one attached hydrogen (secondary N) is 2. The van der Waals surface area contributed by atoms with E-state index >= 15 is 0 Å². The maximum atomic E-state index is 13.3. The number of hydrogen-bond acceptors (Lipinski definition) is 33. The topological polar surface area (TPSA) is 512 Å². The molecule has 2 aromatic carbocycles. The molecule has 144 heavy (non-hydrogen) atoms. The minimum absolute atomic E-state index is 0. The lowest BCUT2D eigenvalue weighted by molar-refractivity contribution is -0.385. The molecule has 0 fully saturated rings. The van der Waals surface area contributed by atoms with Gasteiger partial charge in [-0.1, -0.05) is 61.7 Å². The predicted molar refractivity (Wildman–Crippen MR) is 547 cm³/mol. The summed E-state index contributed by atoms with van der Waals surface area (Å²) in [5.41, 5.74) is 4.87. The van der Waals surface area contributed by atoms with Crippen LogP contribution in [0.3, 0.4) is 0 Å². The molecule has 2 rings (SSSR count). The van der Waals surface area contributed by atoms with Crippen molar-refractivity contribution in [2.24, 2.45) is 47.0 Å². The highest BCUT2D eigenvalue weighted by atomic mass is 35.5. The molecule has 2 amide bonds. The van der Waals surface area contributed by atoms with Crippen molar-refractivity contribution in [1.29, 1.82) is 0 Å². The summed E-state index contributed by atoms with van der Waals surface area (Å²) >= 11 is 0. The van der Waals surface area contributed by atoms with Crippen molar-refractivity contribution in [3.05, 3.63) is 75.8 Å². The second-order valence-electron chi connectivity index (χ2n) is 46.6. The molecule has 824 valence electrons. The molecule has 0 radical (unpaired) electrons. The van der Waals surface area contributed by atoms with E-state index in [0.717, 1.165) is 12.0 Å². The third-order valence-corrected chi connectivity index (χ3v) is 18.6. The van der Waals surface area contributed by atoms with Crippen molar-refractivity contribution < 1.29 is 143 Å². The summed E-state index contributed by atoms with van der Waals surface area (Å²) in [6, 6.07) is 14.3. The van der Waals surface area contributed by atoms with Gasteiger partial charge in [0.05, 0.1) is 40.4 Å². The molecule has 0 unspecified atom stereocenters. The molecule has 2 aromatic rings. The minimum Gasteiger partial charge on any atom is -0.460 e. The fourth-order valence-electron chi connectivity index (χ4n) is 12.9. The number of nitro groups is 1. The number of amides is 2. The summed E-state index contributed by atoms with van der Waals surface area (Å²) in [5, 5.41) is 16.2. The van der Waals surface area contributed by atoms with Crippen LogP contribution in [0.4, 0.5) is 15.3 Å². The highest BCUT2D eigenvalue weighted by Gasteiger charge is 2.38. The first kappa shape index (κ1) is 138. The van der Waals surface area contributed by atoms with E-state index in [1.807, 2.05) is 30.3 Å². The number of benzene rings is 2. The van der Waals surface area contributed by atoms with Crippen LogP contribution < -0.4 is 22.1 Å². The van der Waals surface area contributed by atoms with E-state index in [-0.39, 0.29) is 151 Å². The van der Waals surface area contributed by atoms with Gasteiger partial charge in [-0.15, -0.1) is 12.4 Å². The molecule has 0 heterocycles. The number of halogens is 1. The lowest BCUT2D eigenvalue weighted by atomic mass is 9.90. The van der Waals surface area contributed by atoms with Crippen LogP contribution in [0.1, 0.15) is 387 Å². The van der Waals surface area contributed by atoms with Gasteiger partial charge in [-0.25, -0.2) is 9.59 Å². The molecule has 0 aliphatic rings. The van der Waals surface area contributed by atoms with E-state index in [1.54, 1.807) is 235 Å². The van der Waals surface area contributed by atoms with Gasteiger partial charge in [0.1, 0.15) is 98.2 Å². The van der Waals surface area contributed by atoms with Gasteiger partial charge in [0.2, 0.25) is 0 Å². The second kappa shape index (κ2) is 64.7. The first-order valence-corrected chi connectivity index (χ1v) is 49.6. The Bertz CT molecular complexity index is 4340. The zero-order chi connectivity index (χ0) is 111. The molecule has 37 heteroatoms. The fraction of sp³-hybridized carbons (Fsp3) is 0.738. The molecule has 0 bridgehead atoms. The number of nitrogens with two attached hydrogens (primary N) is 2. The molecule has 0 saturated heterocycles. The Balaban J connectivity index is -0.00000192. The van der Waals surface area contributed by atoms with Crippen LogP contribution >= 0.6 is 12.4 Å². The van der Waals surface area contributed by atoms with E-state index in [4.69, 9.17) is 73.0 Å². The number of ether oxygens (including phenoxy) is 13. The molecule has 36 nitrogen and oxygen atoms in total. The highest BCUT2D eigenvalue weighted by molar-refractivity contribution is 5.91. The number of nitro benzene ring substituents is 1. The summed E-state index contributed by atoms with van der Waals surface area (Å²) < 4.78 is 69.8. The number of alkyl carbamates (subject to hydrolysis) is 2. The number of esters is 11. The van der Waals surface area contributed by atoms with E-state index in [2.05, 4.69) is 10.6 Å². The molecule has 6 N–H and O–H groups in total. The number of nitrogens with zero attached hydrogens (tertiary/aromatic N) is 1. The van der Waals surface area contributed by atoms with Crippen LogP contribution in [-0.4, -0.2) is 187 Å². The first-order valence-electron chi connectivity index (χ1n) is 49.6. The molecule has 0 spiro atoms. The number of carbonyl (C=O) groups is 16. The maximum Gasteiger partial charge on any atom is 0.407 e. The zero-order valence-electron chi connectivity index (χ0n) is 92.7. The summed E-state index contributed by atoms with van der Waals surface area (Å²) in [6.45, 7) is 58.9. The van der Waals surface area contributed by atoms with Gasteiger partial charge < -0.3 is 83.7 Å². The number of ketones is 3. The van der Waals surface area contributed by atoms with Crippen LogP contribution in [0.25, 0.3) is 0 Å². The van der Waals surface area contributed by atoms with E-state index in [9.17, 15) is 86.8 Å². The Hall–Kier alpha value is -10.2. The standard InChI is InChI=1S/C34H52N2O11.C34H53NO9.C26H47NO7.C13H25NO4.ClH/c1-32(2,3)45-28(38)17-16-25(30(40)47-34(7,8)9)21-27(37)20-24(29(39)46-33(4,5)6)14-10-11-18-35-31(41)44-22-23-13-12-15-26(19-23)36(42)43;1-32(2,3)42-28(37)19-18-26(30(39)44-34(7,8)9)22-27(36)21-25(29(38)43-33(4,5)6)17-13-14-20-35-31(40)41-23-24-15-11-10-12-16-24;1-24(2,3)32-21(29)14-13-19(23(31)34-26(7,8)9)17-20(28)16-18(12-10-11-15-27)22(30)33-25(4,5)6;1-12(2,3)17-10(15)8-7-9(14)11(16)18-13(4,5)6;/h12-13,15,19,24-25H,10-11,14,16-18,20-22H2,1-9H3,(H,35,41);10-12,15-16,25-26H,13-14,17-23H2,1-9H3,(H,35,40);18-19H,10-17,27H2,1-9H3;9H,7-8,14H2,1-6H3;1H/t24-,25-;25-,26-;18-,19-;9-;/m1110./s1. The van der Waals surface area contributed by atoms with Gasteiger partial charge in [0, 0.05) is 89.4 Å². The minimum atomic E-state index is -0.897. The number of unbranched alkanes of at least 4 members (excludes halogenated alkanes) is 3.